The number of amides is 1. The van der Waals surface area contributed by atoms with Crippen molar-refractivity contribution < 1.29 is 19.1 Å². The van der Waals surface area contributed by atoms with Crippen molar-refractivity contribution in [3.05, 3.63) is 34.3 Å². The smallest absolute Gasteiger partial charge is 0.408 e. The maximum absolute atomic E-state index is 12.1. The first-order valence-electron chi connectivity index (χ1n) is 7.66. The van der Waals surface area contributed by atoms with Crippen LogP contribution >= 0.6 is 15.9 Å². The first kappa shape index (κ1) is 17.8. The molecule has 1 aromatic carbocycles. The minimum absolute atomic E-state index is 0.221. The Labute approximate surface area is 144 Å². The van der Waals surface area contributed by atoms with E-state index in [0.717, 1.165) is 10.0 Å². The SMILES string of the molecule is CC(C)(C)OC(=O)NC(Cc1ccc(Br)cc1)C1CCC(=O)O1. The van der Waals surface area contributed by atoms with Gasteiger partial charge in [-0.25, -0.2) is 4.79 Å². The number of carbonyl (C=O) groups is 2. The molecule has 1 fully saturated rings. The van der Waals surface area contributed by atoms with Crippen molar-refractivity contribution in [2.45, 2.75) is 57.8 Å². The van der Waals surface area contributed by atoms with E-state index in [1.54, 1.807) is 0 Å². The van der Waals surface area contributed by atoms with Crippen molar-refractivity contribution in [1.29, 1.82) is 0 Å². The third-order valence-electron chi connectivity index (χ3n) is 3.44. The van der Waals surface area contributed by atoms with E-state index < -0.39 is 11.7 Å². The lowest BCUT2D eigenvalue weighted by Gasteiger charge is -2.26. The minimum atomic E-state index is -0.571. The third-order valence-corrected chi connectivity index (χ3v) is 3.96. The van der Waals surface area contributed by atoms with E-state index in [1.165, 1.54) is 0 Å². The quantitative estimate of drug-likeness (QED) is 0.806. The van der Waals surface area contributed by atoms with Gasteiger partial charge >= 0.3 is 12.1 Å². The summed E-state index contributed by atoms with van der Waals surface area (Å²) in [5, 5.41) is 2.85. The number of carbonyl (C=O) groups excluding carboxylic acids is 2. The van der Waals surface area contributed by atoms with Crippen LogP contribution in [0.15, 0.2) is 28.7 Å². The number of nitrogens with one attached hydrogen (secondary N) is 1. The van der Waals surface area contributed by atoms with Crippen molar-refractivity contribution >= 4 is 28.0 Å². The molecule has 0 radical (unpaired) electrons. The first-order chi connectivity index (χ1) is 10.7. The van der Waals surface area contributed by atoms with Gasteiger partial charge in [0.2, 0.25) is 0 Å². The molecule has 126 valence electrons. The van der Waals surface area contributed by atoms with Crippen molar-refractivity contribution in [3.63, 3.8) is 0 Å². The number of cyclic esters (lactones) is 1. The van der Waals surface area contributed by atoms with Gasteiger partial charge in [-0.15, -0.1) is 0 Å². The number of ether oxygens (including phenoxy) is 2. The molecule has 1 aromatic rings. The van der Waals surface area contributed by atoms with Crippen LogP contribution in [-0.4, -0.2) is 29.8 Å². The van der Waals surface area contributed by atoms with Crippen LogP contribution in [0.4, 0.5) is 4.79 Å². The van der Waals surface area contributed by atoms with Gasteiger partial charge < -0.3 is 14.8 Å². The van der Waals surface area contributed by atoms with E-state index in [9.17, 15) is 9.59 Å². The van der Waals surface area contributed by atoms with Crippen LogP contribution in [0.3, 0.4) is 0 Å². The zero-order valence-electron chi connectivity index (χ0n) is 13.6. The number of hydrogen-bond donors (Lipinski definition) is 1. The zero-order chi connectivity index (χ0) is 17.0. The van der Waals surface area contributed by atoms with Crippen LogP contribution < -0.4 is 5.32 Å². The molecular weight excluding hydrogens is 362 g/mol. The van der Waals surface area contributed by atoms with Gasteiger partial charge in [0, 0.05) is 10.9 Å². The molecular formula is C17H22BrNO4. The minimum Gasteiger partial charge on any atom is -0.460 e. The topological polar surface area (TPSA) is 64.6 Å². The van der Waals surface area contributed by atoms with Gasteiger partial charge in [-0.2, -0.15) is 0 Å². The molecule has 0 aromatic heterocycles. The number of benzene rings is 1. The highest BCUT2D eigenvalue weighted by molar-refractivity contribution is 9.10. The van der Waals surface area contributed by atoms with Gasteiger partial charge in [-0.3, -0.25) is 4.79 Å². The summed E-state index contributed by atoms with van der Waals surface area (Å²) in [6, 6.07) is 7.54. The molecule has 1 saturated heterocycles. The third kappa shape index (κ3) is 5.86. The highest BCUT2D eigenvalue weighted by atomic mass is 79.9. The molecule has 1 aliphatic rings. The predicted octanol–water partition coefficient (Wildman–Crippen LogP) is 3.59. The summed E-state index contributed by atoms with van der Waals surface area (Å²) in [4.78, 5) is 23.5. The number of halogens is 1. The van der Waals surface area contributed by atoms with Crippen LogP contribution in [0.5, 0.6) is 0 Å². The Hall–Kier alpha value is -1.56. The largest absolute Gasteiger partial charge is 0.460 e. The second-order valence-corrected chi connectivity index (χ2v) is 7.57. The first-order valence-corrected chi connectivity index (χ1v) is 8.46. The lowest BCUT2D eigenvalue weighted by atomic mass is 9.99. The normalized spacial score (nSPS) is 19.1. The Kier molecular flexibility index (Phi) is 5.68. The maximum Gasteiger partial charge on any atom is 0.408 e. The predicted molar refractivity (Wildman–Crippen MR) is 90.1 cm³/mol. The molecule has 1 amide bonds. The molecule has 0 aliphatic carbocycles. The summed E-state index contributed by atoms with van der Waals surface area (Å²) in [5.74, 6) is -0.221. The van der Waals surface area contributed by atoms with E-state index in [-0.39, 0.29) is 18.1 Å². The molecule has 1 N–H and O–H groups in total. The molecule has 0 saturated carbocycles. The van der Waals surface area contributed by atoms with Crippen LogP contribution in [0, 0.1) is 0 Å². The molecule has 2 rings (SSSR count). The molecule has 0 spiro atoms. The molecule has 6 heteroatoms. The summed E-state index contributed by atoms with van der Waals surface area (Å²) in [7, 11) is 0. The van der Waals surface area contributed by atoms with Gasteiger partial charge in [0.15, 0.2) is 0 Å². The number of rotatable bonds is 4. The van der Waals surface area contributed by atoms with E-state index in [0.29, 0.717) is 19.3 Å². The Bertz CT molecular complexity index is 565. The van der Waals surface area contributed by atoms with E-state index >= 15 is 0 Å². The highest BCUT2D eigenvalue weighted by Gasteiger charge is 2.33. The molecule has 1 aliphatic heterocycles. The monoisotopic (exact) mass is 383 g/mol. The van der Waals surface area contributed by atoms with Crippen molar-refractivity contribution in [3.8, 4) is 0 Å². The molecule has 0 bridgehead atoms. The van der Waals surface area contributed by atoms with Gasteiger partial charge in [0.1, 0.15) is 11.7 Å². The Morgan fingerprint density at radius 3 is 2.57 bits per heavy atom. The van der Waals surface area contributed by atoms with Crippen molar-refractivity contribution in [2.75, 3.05) is 0 Å². The fraction of sp³-hybridized carbons (Fsp3) is 0.529. The Morgan fingerprint density at radius 2 is 2.04 bits per heavy atom. The summed E-state index contributed by atoms with van der Waals surface area (Å²) < 4.78 is 11.6. The molecule has 5 nitrogen and oxygen atoms in total. The zero-order valence-corrected chi connectivity index (χ0v) is 15.2. The fourth-order valence-corrected chi connectivity index (χ4v) is 2.70. The van der Waals surface area contributed by atoms with Crippen molar-refractivity contribution in [2.24, 2.45) is 0 Å². The second kappa shape index (κ2) is 7.34. The summed E-state index contributed by atoms with van der Waals surface area (Å²) in [6.45, 7) is 5.43. The number of esters is 1. The van der Waals surface area contributed by atoms with Crippen LogP contribution in [0.1, 0.15) is 39.2 Å². The fourth-order valence-electron chi connectivity index (χ4n) is 2.44. The average molecular weight is 384 g/mol. The standard InChI is InChI=1S/C17H22BrNO4/c1-17(2,3)23-16(21)19-13(14-8-9-15(20)22-14)10-11-4-6-12(18)7-5-11/h4-7,13-14H,8-10H2,1-3H3,(H,19,21). The number of alkyl carbamates (subject to hydrolysis) is 1. The Balaban J connectivity index is 2.06. The lowest BCUT2D eigenvalue weighted by Crippen LogP contribution is -2.46. The van der Waals surface area contributed by atoms with E-state index in [4.69, 9.17) is 9.47 Å². The maximum atomic E-state index is 12.1. The molecule has 1 heterocycles. The van der Waals surface area contributed by atoms with Gasteiger partial charge in [-0.1, -0.05) is 28.1 Å². The molecule has 2 unspecified atom stereocenters. The average Bonchev–Trinajstić information content (AvgIpc) is 2.85. The van der Waals surface area contributed by atoms with Crippen LogP contribution in [-0.2, 0) is 20.7 Å². The molecule has 2 atom stereocenters. The van der Waals surface area contributed by atoms with Crippen molar-refractivity contribution in [1.82, 2.24) is 5.32 Å². The van der Waals surface area contributed by atoms with Gasteiger partial charge in [-0.05, 0) is 51.3 Å². The summed E-state index contributed by atoms with van der Waals surface area (Å²) in [5.41, 5.74) is 0.482. The van der Waals surface area contributed by atoms with Gasteiger partial charge in [0.05, 0.1) is 6.04 Å². The van der Waals surface area contributed by atoms with Crippen LogP contribution in [0.25, 0.3) is 0 Å². The second-order valence-electron chi connectivity index (χ2n) is 6.65. The number of hydrogen-bond acceptors (Lipinski definition) is 4. The van der Waals surface area contributed by atoms with Crippen LogP contribution in [0.2, 0.25) is 0 Å². The highest BCUT2D eigenvalue weighted by Crippen LogP contribution is 2.21. The van der Waals surface area contributed by atoms with Gasteiger partial charge in [0.25, 0.3) is 0 Å². The van der Waals surface area contributed by atoms with E-state index in [2.05, 4.69) is 21.2 Å². The Morgan fingerprint density at radius 1 is 1.39 bits per heavy atom. The van der Waals surface area contributed by atoms with E-state index in [1.807, 2.05) is 45.0 Å². The lowest BCUT2D eigenvalue weighted by molar-refractivity contribution is -0.142. The summed E-state index contributed by atoms with van der Waals surface area (Å²) in [6.07, 6.45) is 0.749. The summed E-state index contributed by atoms with van der Waals surface area (Å²) >= 11 is 3.40. The molecule has 23 heavy (non-hydrogen) atoms.